The molecule has 0 spiro atoms. The lowest BCUT2D eigenvalue weighted by atomic mass is 9.97. The Morgan fingerprint density at radius 3 is 2.87 bits per heavy atom. The van der Waals surface area contributed by atoms with Gasteiger partial charge in [-0.25, -0.2) is 0 Å². The van der Waals surface area contributed by atoms with E-state index in [0.29, 0.717) is 5.92 Å². The van der Waals surface area contributed by atoms with Gasteiger partial charge in [0.2, 0.25) is 0 Å². The van der Waals surface area contributed by atoms with Crippen LogP contribution in [-0.2, 0) is 0 Å². The minimum absolute atomic E-state index is 0.471. The highest BCUT2D eigenvalue weighted by atomic mass is 14.8. The normalized spacial score (nSPS) is 19.4. The highest BCUT2D eigenvalue weighted by molar-refractivity contribution is 5.99. The predicted octanol–water partition coefficient (Wildman–Crippen LogP) is 3.69. The average Bonchev–Trinajstić information content (AvgIpc) is 2.69. The lowest BCUT2D eigenvalue weighted by Crippen LogP contribution is -1.97. The van der Waals surface area contributed by atoms with E-state index in [2.05, 4.69) is 49.1 Å². The van der Waals surface area contributed by atoms with Crippen molar-refractivity contribution >= 4 is 22.3 Å². The maximum Gasteiger partial charge on any atom is 0.0688 e. The van der Waals surface area contributed by atoms with Crippen molar-refractivity contribution in [1.29, 1.82) is 0 Å². The fourth-order valence-corrected chi connectivity index (χ4v) is 2.27. The van der Waals surface area contributed by atoms with Gasteiger partial charge in [0.15, 0.2) is 0 Å². The Labute approximate surface area is 89.0 Å². The van der Waals surface area contributed by atoms with Crippen LogP contribution in [0.2, 0.25) is 0 Å². The van der Waals surface area contributed by atoms with E-state index < -0.39 is 0 Å². The number of aliphatic imine (C=N–C) groups is 1. The molecule has 0 radical (unpaired) electrons. The molecule has 2 heterocycles. The minimum Gasteiger partial charge on any atom is -0.361 e. The molecule has 0 aliphatic carbocycles. The number of hydrogen-bond acceptors (Lipinski definition) is 1. The molecule has 0 bridgehead atoms. The molecule has 1 aliphatic rings. The van der Waals surface area contributed by atoms with Crippen molar-refractivity contribution in [2.75, 3.05) is 0 Å². The Balaban J connectivity index is 2.34. The SMILES string of the molecule is CC1=Nc2cc3[nH]cc(C)c3cc2C1C. The van der Waals surface area contributed by atoms with E-state index >= 15 is 0 Å². The number of hydrogen-bond donors (Lipinski definition) is 1. The van der Waals surface area contributed by atoms with Crippen LogP contribution < -0.4 is 0 Å². The van der Waals surface area contributed by atoms with Crippen molar-refractivity contribution in [3.05, 3.63) is 29.5 Å². The third kappa shape index (κ3) is 1.08. The second-order valence-corrected chi connectivity index (χ2v) is 4.40. The van der Waals surface area contributed by atoms with Gasteiger partial charge < -0.3 is 4.98 Å². The monoisotopic (exact) mass is 198 g/mol. The molecule has 1 aromatic heterocycles. The number of benzene rings is 1. The number of nitrogens with one attached hydrogen (secondary N) is 1. The van der Waals surface area contributed by atoms with Gasteiger partial charge in [-0.05, 0) is 37.1 Å². The number of fused-ring (bicyclic) bond motifs is 2. The second kappa shape index (κ2) is 2.72. The molecule has 1 atom stereocenters. The lowest BCUT2D eigenvalue weighted by molar-refractivity contribution is 1.05. The summed E-state index contributed by atoms with van der Waals surface area (Å²) in [5.41, 5.74) is 6.22. The molecule has 2 nitrogen and oxygen atoms in total. The van der Waals surface area contributed by atoms with Crippen molar-refractivity contribution in [3.8, 4) is 0 Å². The van der Waals surface area contributed by atoms with Crippen LogP contribution in [0, 0.1) is 6.92 Å². The Bertz CT molecular complexity index is 575. The zero-order valence-electron chi connectivity index (χ0n) is 9.26. The first-order valence-electron chi connectivity index (χ1n) is 5.33. The summed E-state index contributed by atoms with van der Waals surface area (Å²) in [4.78, 5) is 7.87. The largest absolute Gasteiger partial charge is 0.361 e. The lowest BCUT2D eigenvalue weighted by Gasteiger charge is -2.05. The first-order valence-corrected chi connectivity index (χ1v) is 5.33. The Hall–Kier alpha value is -1.57. The standard InChI is InChI=1S/C13H14N2/c1-7-6-14-12-5-13-11(4-10(7)12)8(2)9(3)15-13/h4-6,8,14H,1-3H3. The van der Waals surface area contributed by atoms with Gasteiger partial charge in [0.05, 0.1) is 5.69 Å². The number of rotatable bonds is 0. The van der Waals surface area contributed by atoms with Crippen LogP contribution in [0.3, 0.4) is 0 Å². The molecule has 0 amide bonds. The molecule has 1 N–H and O–H groups in total. The second-order valence-electron chi connectivity index (χ2n) is 4.40. The third-order valence-electron chi connectivity index (χ3n) is 3.43. The van der Waals surface area contributed by atoms with E-state index in [1.165, 1.54) is 27.7 Å². The average molecular weight is 198 g/mol. The zero-order chi connectivity index (χ0) is 10.6. The molecule has 1 aliphatic heterocycles. The fraction of sp³-hybridized carbons (Fsp3) is 0.308. The van der Waals surface area contributed by atoms with Crippen LogP contribution in [0.15, 0.2) is 23.3 Å². The highest BCUT2D eigenvalue weighted by Crippen LogP contribution is 2.38. The van der Waals surface area contributed by atoms with Crippen molar-refractivity contribution < 1.29 is 0 Å². The number of aromatic nitrogens is 1. The molecule has 0 fully saturated rings. The Morgan fingerprint density at radius 2 is 2.07 bits per heavy atom. The van der Waals surface area contributed by atoms with Crippen molar-refractivity contribution in [2.45, 2.75) is 26.7 Å². The maximum absolute atomic E-state index is 4.59. The summed E-state index contributed by atoms with van der Waals surface area (Å²) in [6.07, 6.45) is 2.06. The molecule has 1 aromatic carbocycles. The predicted molar refractivity (Wildman–Crippen MR) is 64.2 cm³/mol. The molecule has 1 unspecified atom stereocenters. The van der Waals surface area contributed by atoms with Crippen LogP contribution in [0.1, 0.15) is 30.9 Å². The van der Waals surface area contributed by atoms with Crippen LogP contribution in [0.5, 0.6) is 0 Å². The van der Waals surface area contributed by atoms with Gasteiger partial charge >= 0.3 is 0 Å². The van der Waals surface area contributed by atoms with Gasteiger partial charge in [-0.15, -0.1) is 0 Å². The Morgan fingerprint density at radius 1 is 1.27 bits per heavy atom. The molecule has 0 saturated carbocycles. The summed E-state index contributed by atoms with van der Waals surface area (Å²) in [5, 5.41) is 1.32. The van der Waals surface area contributed by atoms with E-state index in [1.54, 1.807) is 0 Å². The van der Waals surface area contributed by atoms with Crippen molar-refractivity contribution in [2.24, 2.45) is 4.99 Å². The maximum atomic E-state index is 4.59. The van der Waals surface area contributed by atoms with Crippen LogP contribution in [-0.4, -0.2) is 10.7 Å². The van der Waals surface area contributed by atoms with Crippen molar-refractivity contribution in [1.82, 2.24) is 4.98 Å². The molecular weight excluding hydrogens is 184 g/mol. The molecule has 0 saturated heterocycles. The van der Waals surface area contributed by atoms with Crippen molar-refractivity contribution in [3.63, 3.8) is 0 Å². The summed E-state index contributed by atoms with van der Waals surface area (Å²) in [5.74, 6) is 0.471. The van der Waals surface area contributed by atoms with E-state index in [0.717, 1.165) is 5.69 Å². The first-order chi connectivity index (χ1) is 7.16. The summed E-state index contributed by atoms with van der Waals surface area (Å²) in [7, 11) is 0. The van der Waals surface area contributed by atoms with Crippen LogP contribution >= 0.6 is 0 Å². The third-order valence-corrected chi connectivity index (χ3v) is 3.43. The van der Waals surface area contributed by atoms with Gasteiger partial charge in [-0.1, -0.05) is 6.92 Å². The van der Waals surface area contributed by atoms with Gasteiger partial charge in [0.1, 0.15) is 0 Å². The molecule has 2 aromatic rings. The zero-order valence-corrected chi connectivity index (χ0v) is 9.26. The number of H-pyrrole nitrogens is 1. The summed E-state index contributed by atoms with van der Waals surface area (Å²) < 4.78 is 0. The Kier molecular flexibility index (Phi) is 1.58. The quantitative estimate of drug-likeness (QED) is 0.668. The number of aryl methyl sites for hydroxylation is 1. The van der Waals surface area contributed by atoms with Crippen LogP contribution in [0.4, 0.5) is 5.69 Å². The van der Waals surface area contributed by atoms with E-state index in [4.69, 9.17) is 0 Å². The van der Waals surface area contributed by atoms with Gasteiger partial charge in [-0.2, -0.15) is 0 Å². The number of aromatic amines is 1. The number of nitrogens with zero attached hydrogens (tertiary/aromatic N) is 1. The summed E-state index contributed by atoms with van der Waals surface area (Å²) in [6, 6.07) is 4.44. The van der Waals surface area contributed by atoms with E-state index in [1.807, 2.05) is 0 Å². The van der Waals surface area contributed by atoms with Gasteiger partial charge in [0.25, 0.3) is 0 Å². The summed E-state index contributed by atoms with van der Waals surface area (Å²) >= 11 is 0. The van der Waals surface area contributed by atoms with E-state index in [-0.39, 0.29) is 0 Å². The molecule has 3 rings (SSSR count). The highest BCUT2D eigenvalue weighted by Gasteiger charge is 2.21. The van der Waals surface area contributed by atoms with Gasteiger partial charge in [-0.3, -0.25) is 4.99 Å². The van der Waals surface area contributed by atoms with E-state index in [9.17, 15) is 0 Å². The fourth-order valence-electron chi connectivity index (χ4n) is 2.27. The topological polar surface area (TPSA) is 28.1 Å². The molecule has 2 heteroatoms. The van der Waals surface area contributed by atoms with Gasteiger partial charge in [0, 0.05) is 28.7 Å². The summed E-state index contributed by atoms with van der Waals surface area (Å²) in [6.45, 7) is 6.46. The molecular formula is C13H14N2. The van der Waals surface area contributed by atoms with Crippen LogP contribution in [0.25, 0.3) is 10.9 Å². The molecule has 76 valence electrons. The molecule has 15 heavy (non-hydrogen) atoms. The minimum atomic E-state index is 0.471. The first kappa shape index (κ1) is 8.72. The smallest absolute Gasteiger partial charge is 0.0688 e.